The Morgan fingerprint density at radius 2 is 2.38 bits per heavy atom. The van der Waals surface area contributed by atoms with Crippen LogP contribution in [0.3, 0.4) is 0 Å². The van der Waals surface area contributed by atoms with E-state index in [0.717, 1.165) is 17.1 Å². The molecule has 5 nitrogen and oxygen atoms in total. The van der Waals surface area contributed by atoms with E-state index in [1.54, 1.807) is 30.5 Å². The van der Waals surface area contributed by atoms with Gasteiger partial charge >= 0.3 is 5.97 Å². The molecule has 0 radical (unpaired) electrons. The van der Waals surface area contributed by atoms with Crippen molar-refractivity contribution in [2.75, 3.05) is 6.61 Å². The Morgan fingerprint density at radius 3 is 3.10 bits per heavy atom. The van der Waals surface area contributed by atoms with Gasteiger partial charge in [-0.2, -0.15) is 0 Å². The van der Waals surface area contributed by atoms with E-state index < -0.39 is 5.97 Å². The van der Waals surface area contributed by atoms with Crippen molar-refractivity contribution in [3.8, 4) is 0 Å². The standard InChI is InChI=1S/C15H17N3O2S/c1-11(16)9-15(19)20-8-2-3-12-4-5-13(21-12)10-14-17-6-7-18-14/h2-7,9H,8,10,16H2,1H3,(H,17,18). The number of nitrogens with zero attached hydrogens (tertiary/aromatic N) is 1. The fraction of sp³-hybridized carbons (Fsp3) is 0.200. The number of hydrogen-bond donors (Lipinski definition) is 2. The Labute approximate surface area is 127 Å². The van der Waals surface area contributed by atoms with E-state index in [1.807, 2.05) is 18.3 Å². The first-order chi connectivity index (χ1) is 10.1. The van der Waals surface area contributed by atoms with E-state index in [4.69, 9.17) is 10.5 Å². The third kappa shape index (κ3) is 5.27. The number of esters is 1. The largest absolute Gasteiger partial charge is 0.458 e. The van der Waals surface area contributed by atoms with Crippen molar-refractivity contribution >= 4 is 23.4 Å². The lowest BCUT2D eigenvalue weighted by molar-refractivity contribution is -0.136. The van der Waals surface area contributed by atoms with Gasteiger partial charge in [-0.25, -0.2) is 9.78 Å². The van der Waals surface area contributed by atoms with Crippen LogP contribution in [0.25, 0.3) is 6.08 Å². The Morgan fingerprint density at radius 1 is 1.52 bits per heavy atom. The summed E-state index contributed by atoms with van der Waals surface area (Å²) in [6, 6.07) is 4.10. The van der Waals surface area contributed by atoms with Gasteiger partial charge in [0.25, 0.3) is 0 Å². The summed E-state index contributed by atoms with van der Waals surface area (Å²) in [5.74, 6) is 0.523. The number of nitrogens with one attached hydrogen (secondary N) is 1. The highest BCUT2D eigenvalue weighted by atomic mass is 32.1. The van der Waals surface area contributed by atoms with Crippen molar-refractivity contribution in [3.05, 3.63) is 58.0 Å². The van der Waals surface area contributed by atoms with Crippen LogP contribution >= 0.6 is 11.3 Å². The number of carbonyl (C=O) groups is 1. The van der Waals surface area contributed by atoms with Crippen LogP contribution in [0.2, 0.25) is 0 Å². The van der Waals surface area contributed by atoms with Crippen molar-refractivity contribution in [1.29, 1.82) is 0 Å². The van der Waals surface area contributed by atoms with Crippen molar-refractivity contribution in [2.24, 2.45) is 5.73 Å². The predicted octanol–water partition coefficient (Wildman–Crippen LogP) is 2.48. The molecule has 0 saturated heterocycles. The zero-order chi connectivity index (χ0) is 15.1. The molecule has 0 amide bonds. The van der Waals surface area contributed by atoms with Crippen LogP contribution in [0.15, 0.2) is 42.4 Å². The summed E-state index contributed by atoms with van der Waals surface area (Å²) < 4.78 is 4.97. The van der Waals surface area contributed by atoms with Crippen molar-refractivity contribution in [2.45, 2.75) is 13.3 Å². The van der Waals surface area contributed by atoms with E-state index >= 15 is 0 Å². The highest BCUT2D eigenvalue weighted by Crippen LogP contribution is 2.19. The molecular formula is C15H17N3O2S. The van der Waals surface area contributed by atoms with E-state index in [1.165, 1.54) is 11.0 Å². The second-order valence-corrected chi connectivity index (χ2v) is 5.64. The fourth-order valence-corrected chi connectivity index (χ4v) is 2.61. The van der Waals surface area contributed by atoms with Gasteiger partial charge in [-0.15, -0.1) is 11.3 Å². The Bertz CT molecular complexity index is 638. The van der Waals surface area contributed by atoms with E-state index in [9.17, 15) is 4.79 Å². The van der Waals surface area contributed by atoms with Gasteiger partial charge in [0.1, 0.15) is 12.4 Å². The number of H-pyrrole nitrogens is 1. The summed E-state index contributed by atoms with van der Waals surface area (Å²) in [5.41, 5.74) is 5.82. The Hall–Kier alpha value is -2.34. The first kappa shape index (κ1) is 15.1. The van der Waals surface area contributed by atoms with Gasteiger partial charge in [0, 0.05) is 40.3 Å². The maximum atomic E-state index is 11.2. The summed E-state index contributed by atoms with van der Waals surface area (Å²) in [6.45, 7) is 1.87. The van der Waals surface area contributed by atoms with Crippen LogP contribution in [0.4, 0.5) is 0 Å². The number of thiophene rings is 1. The molecule has 110 valence electrons. The molecule has 2 heterocycles. The van der Waals surface area contributed by atoms with Gasteiger partial charge in [0.15, 0.2) is 0 Å². The number of imidazole rings is 1. The van der Waals surface area contributed by atoms with E-state index in [0.29, 0.717) is 5.70 Å². The Kier molecular flexibility index (Phi) is 5.34. The normalized spacial score (nSPS) is 12.0. The van der Waals surface area contributed by atoms with Gasteiger partial charge in [-0.05, 0) is 31.2 Å². The molecule has 0 aromatic carbocycles. The van der Waals surface area contributed by atoms with Crippen LogP contribution < -0.4 is 5.73 Å². The fourth-order valence-electron chi connectivity index (χ4n) is 1.66. The monoisotopic (exact) mass is 303 g/mol. The summed E-state index contributed by atoms with van der Waals surface area (Å²) in [6.07, 6.45) is 9.36. The smallest absolute Gasteiger partial charge is 0.332 e. The quantitative estimate of drug-likeness (QED) is 0.634. The molecule has 2 aromatic heterocycles. The van der Waals surface area contributed by atoms with Gasteiger partial charge in [0.05, 0.1) is 0 Å². The number of hydrogen-bond acceptors (Lipinski definition) is 5. The third-order valence-corrected chi connectivity index (χ3v) is 3.58. The molecule has 0 aliphatic heterocycles. The van der Waals surface area contributed by atoms with E-state index in [2.05, 4.69) is 16.0 Å². The lowest BCUT2D eigenvalue weighted by Gasteiger charge is -1.96. The molecule has 6 heteroatoms. The van der Waals surface area contributed by atoms with Crippen LogP contribution in [0, 0.1) is 0 Å². The predicted molar refractivity (Wildman–Crippen MR) is 83.7 cm³/mol. The van der Waals surface area contributed by atoms with Gasteiger partial charge in [-0.1, -0.05) is 0 Å². The number of aromatic amines is 1. The SMILES string of the molecule is CC(N)=CC(=O)OCC=Cc1ccc(Cc2ncc[nH]2)s1. The van der Waals surface area contributed by atoms with Crippen molar-refractivity contribution < 1.29 is 9.53 Å². The topological polar surface area (TPSA) is 81.0 Å². The number of ether oxygens (including phenoxy) is 1. The summed E-state index contributed by atoms with van der Waals surface area (Å²) in [4.78, 5) is 20.8. The van der Waals surface area contributed by atoms with Crippen LogP contribution in [-0.2, 0) is 16.0 Å². The highest BCUT2D eigenvalue weighted by molar-refractivity contribution is 7.12. The summed E-state index contributed by atoms with van der Waals surface area (Å²) in [7, 11) is 0. The maximum absolute atomic E-state index is 11.2. The zero-order valence-corrected chi connectivity index (χ0v) is 12.5. The van der Waals surface area contributed by atoms with Crippen LogP contribution in [-0.4, -0.2) is 22.5 Å². The molecule has 21 heavy (non-hydrogen) atoms. The molecular weight excluding hydrogens is 286 g/mol. The highest BCUT2D eigenvalue weighted by Gasteiger charge is 2.01. The number of aromatic nitrogens is 2. The second-order valence-electron chi connectivity index (χ2n) is 4.44. The van der Waals surface area contributed by atoms with Crippen LogP contribution in [0.1, 0.15) is 22.5 Å². The van der Waals surface area contributed by atoms with Crippen molar-refractivity contribution in [3.63, 3.8) is 0 Å². The minimum atomic E-state index is -0.427. The minimum absolute atomic E-state index is 0.230. The number of nitrogens with two attached hydrogens (primary N) is 1. The average molecular weight is 303 g/mol. The third-order valence-electron chi connectivity index (χ3n) is 2.53. The molecule has 0 aliphatic rings. The first-order valence-electron chi connectivity index (χ1n) is 6.47. The van der Waals surface area contributed by atoms with Gasteiger partial charge < -0.3 is 15.5 Å². The van der Waals surface area contributed by atoms with Gasteiger partial charge in [0.2, 0.25) is 0 Å². The average Bonchev–Trinajstić information content (AvgIpc) is 3.06. The lowest BCUT2D eigenvalue weighted by Crippen LogP contribution is -2.03. The molecule has 0 aliphatic carbocycles. The number of carbonyl (C=O) groups excluding carboxylic acids is 1. The molecule has 0 atom stereocenters. The molecule has 0 fully saturated rings. The Balaban J connectivity index is 1.81. The molecule has 0 saturated carbocycles. The zero-order valence-electron chi connectivity index (χ0n) is 11.7. The van der Waals surface area contributed by atoms with Gasteiger partial charge in [-0.3, -0.25) is 0 Å². The molecule has 2 rings (SSSR count). The molecule has 0 spiro atoms. The van der Waals surface area contributed by atoms with Crippen LogP contribution in [0.5, 0.6) is 0 Å². The first-order valence-corrected chi connectivity index (χ1v) is 7.29. The van der Waals surface area contributed by atoms with E-state index in [-0.39, 0.29) is 6.61 Å². The summed E-state index contributed by atoms with van der Waals surface area (Å²) in [5, 5.41) is 0. The molecule has 3 N–H and O–H groups in total. The second kappa shape index (κ2) is 7.44. The molecule has 0 unspecified atom stereocenters. The molecule has 0 bridgehead atoms. The number of allylic oxidation sites excluding steroid dienone is 1. The minimum Gasteiger partial charge on any atom is -0.458 e. The summed E-state index contributed by atoms with van der Waals surface area (Å²) >= 11 is 1.68. The maximum Gasteiger partial charge on any atom is 0.332 e. The number of rotatable bonds is 6. The lowest BCUT2D eigenvalue weighted by atomic mass is 10.3. The molecule has 2 aromatic rings. The van der Waals surface area contributed by atoms with Crippen molar-refractivity contribution in [1.82, 2.24) is 9.97 Å².